The van der Waals surface area contributed by atoms with Crippen molar-refractivity contribution in [2.75, 3.05) is 33.1 Å². The van der Waals surface area contributed by atoms with Gasteiger partial charge in [-0.25, -0.2) is 0 Å². The molecule has 2 fully saturated rings. The maximum atomic E-state index is 5.57. The van der Waals surface area contributed by atoms with Gasteiger partial charge in [-0.2, -0.15) is 0 Å². The molecule has 2 saturated heterocycles. The largest absolute Gasteiger partial charge is 0.381 e. The summed E-state index contributed by atoms with van der Waals surface area (Å²) in [7, 11) is 2.33. The molecule has 2 heterocycles. The number of nitrogens with one attached hydrogen (secondary N) is 1. The third-order valence-electron chi connectivity index (χ3n) is 6.12. The normalized spacial score (nSPS) is 30.7. The van der Waals surface area contributed by atoms with Gasteiger partial charge in [0, 0.05) is 24.1 Å². The predicted octanol–water partition coefficient (Wildman–Crippen LogP) is 4.69. The van der Waals surface area contributed by atoms with Crippen LogP contribution in [0.4, 0.5) is 0 Å². The minimum Gasteiger partial charge on any atom is -0.381 e. The summed E-state index contributed by atoms with van der Waals surface area (Å²) in [4.78, 5) is 3.99. The SMILES string of the molecule is CCCC1(NCC2CCOC2)CCCC(c2ccc(SC)cc2)N1C. The molecule has 25 heavy (non-hydrogen) atoms. The molecule has 3 atom stereocenters. The third kappa shape index (κ3) is 4.41. The molecule has 2 aliphatic heterocycles. The van der Waals surface area contributed by atoms with Crippen LogP contribution in [-0.4, -0.2) is 43.6 Å². The van der Waals surface area contributed by atoms with Gasteiger partial charge >= 0.3 is 0 Å². The van der Waals surface area contributed by atoms with Gasteiger partial charge in [0.2, 0.25) is 0 Å². The summed E-state index contributed by atoms with van der Waals surface area (Å²) in [6, 6.07) is 9.73. The van der Waals surface area contributed by atoms with E-state index in [1.807, 2.05) is 11.8 Å². The molecule has 0 saturated carbocycles. The van der Waals surface area contributed by atoms with E-state index < -0.39 is 0 Å². The van der Waals surface area contributed by atoms with E-state index in [0.717, 1.165) is 19.8 Å². The number of piperidine rings is 1. The average Bonchev–Trinajstić information content (AvgIpc) is 3.16. The van der Waals surface area contributed by atoms with Crippen LogP contribution in [0, 0.1) is 5.92 Å². The van der Waals surface area contributed by atoms with Crippen molar-refractivity contribution < 1.29 is 4.74 Å². The maximum Gasteiger partial charge on any atom is 0.0715 e. The van der Waals surface area contributed by atoms with E-state index in [2.05, 4.69) is 54.7 Å². The fraction of sp³-hybridized carbons (Fsp3) is 0.714. The van der Waals surface area contributed by atoms with Crippen LogP contribution in [0.3, 0.4) is 0 Å². The third-order valence-corrected chi connectivity index (χ3v) is 6.86. The number of ether oxygens (including phenoxy) is 1. The van der Waals surface area contributed by atoms with Gasteiger partial charge in [-0.05, 0) is 69.0 Å². The summed E-state index contributed by atoms with van der Waals surface area (Å²) in [5.41, 5.74) is 1.60. The van der Waals surface area contributed by atoms with E-state index in [-0.39, 0.29) is 5.66 Å². The van der Waals surface area contributed by atoms with Crippen molar-refractivity contribution in [2.45, 2.75) is 62.0 Å². The van der Waals surface area contributed by atoms with Crippen molar-refractivity contribution in [1.29, 1.82) is 0 Å². The first-order valence-corrected chi connectivity index (χ1v) is 11.1. The first-order chi connectivity index (χ1) is 12.2. The summed E-state index contributed by atoms with van der Waals surface area (Å²) < 4.78 is 5.57. The van der Waals surface area contributed by atoms with Crippen molar-refractivity contribution in [3.8, 4) is 0 Å². The Morgan fingerprint density at radius 1 is 1.28 bits per heavy atom. The standard InChI is InChI=1S/C21H34N2OS/c1-4-12-21(22-15-17-11-14-24-16-17)13-5-6-20(23(21)2)18-7-9-19(25-3)10-8-18/h7-10,17,20,22H,4-6,11-16H2,1-3H3. The number of nitrogens with zero attached hydrogens (tertiary/aromatic N) is 1. The Morgan fingerprint density at radius 3 is 2.72 bits per heavy atom. The average molecular weight is 363 g/mol. The minimum absolute atomic E-state index is 0.137. The Hall–Kier alpha value is -0.550. The van der Waals surface area contributed by atoms with Gasteiger partial charge in [0.15, 0.2) is 0 Å². The van der Waals surface area contributed by atoms with Crippen molar-refractivity contribution in [3.05, 3.63) is 29.8 Å². The van der Waals surface area contributed by atoms with Gasteiger partial charge in [0.05, 0.1) is 12.3 Å². The molecule has 1 aromatic carbocycles. The van der Waals surface area contributed by atoms with E-state index in [9.17, 15) is 0 Å². The first kappa shape index (κ1) is 19.2. The second-order valence-corrected chi connectivity index (χ2v) is 8.56. The molecule has 140 valence electrons. The first-order valence-electron chi connectivity index (χ1n) is 9.88. The molecule has 0 spiro atoms. The highest BCUT2D eigenvalue weighted by molar-refractivity contribution is 7.98. The smallest absolute Gasteiger partial charge is 0.0715 e. The van der Waals surface area contributed by atoms with Crippen LogP contribution in [0.1, 0.15) is 57.1 Å². The molecule has 4 heteroatoms. The quantitative estimate of drug-likeness (QED) is 0.711. The van der Waals surface area contributed by atoms with Gasteiger partial charge in [0.1, 0.15) is 0 Å². The van der Waals surface area contributed by atoms with Gasteiger partial charge in [-0.1, -0.05) is 25.5 Å². The summed E-state index contributed by atoms with van der Waals surface area (Å²) in [5, 5.41) is 3.99. The molecule has 1 N–H and O–H groups in total. The number of hydrogen-bond donors (Lipinski definition) is 1. The highest BCUT2D eigenvalue weighted by Crippen LogP contribution is 2.40. The summed E-state index contributed by atoms with van der Waals surface area (Å²) in [6.07, 6.45) is 9.60. The number of rotatable bonds is 7. The van der Waals surface area contributed by atoms with E-state index in [4.69, 9.17) is 4.74 Å². The van der Waals surface area contributed by atoms with Crippen molar-refractivity contribution >= 4 is 11.8 Å². The predicted molar refractivity (Wildman–Crippen MR) is 107 cm³/mol. The highest BCUT2D eigenvalue weighted by atomic mass is 32.2. The lowest BCUT2D eigenvalue weighted by molar-refractivity contribution is -0.0146. The van der Waals surface area contributed by atoms with E-state index in [0.29, 0.717) is 12.0 Å². The Bertz CT molecular complexity index is 525. The zero-order valence-corrected chi connectivity index (χ0v) is 16.9. The maximum absolute atomic E-state index is 5.57. The molecule has 0 aromatic heterocycles. The lowest BCUT2D eigenvalue weighted by Gasteiger charge is -2.51. The molecule has 3 rings (SSSR count). The summed E-state index contributed by atoms with van der Waals surface area (Å²) >= 11 is 1.82. The lowest BCUT2D eigenvalue weighted by Crippen LogP contribution is -2.61. The Labute approximate surface area is 157 Å². The van der Waals surface area contributed by atoms with Crippen LogP contribution in [-0.2, 0) is 4.74 Å². The zero-order valence-electron chi connectivity index (χ0n) is 16.1. The number of likely N-dealkylation sites (tertiary alicyclic amines) is 1. The molecule has 0 amide bonds. The highest BCUT2D eigenvalue weighted by Gasteiger charge is 2.41. The molecule has 3 nitrogen and oxygen atoms in total. The topological polar surface area (TPSA) is 24.5 Å². The van der Waals surface area contributed by atoms with Crippen LogP contribution < -0.4 is 5.32 Å². The molecular formula is C21H34N2OS. The summed E-state index contributed by atoms with van der Waals surface area (Å²) in [5.74, 6) is 0.684. The Balaban J connectivity index is 1.74. The van der Waals surface area contributed by atoms with Gasteiger partial charge in [-0.15, -0.1) is 11.8 Å². The zero-order chi connectivity index (χ0) is 17.7. The fourth-order valence-electron chi connectivity index (χ4n) is 4.57. The van der Waals surface area contributed by atoms with Crippen LogP contribution in [0.5, 0.6) is 0 Å². The van der Waals surface area contributed by atoms with Gasteiger partial charge < -0.3 is 4.74 Å². The van der Waals surface area contributed by atoms with Crippen molar-refractivity contribution in [3.63, 3.8) is 0 Å². The molecule has 0 radical (unpaired) electrons. The van der Waals surface area contributed by atoms with Crippen molar-refractivity contribution in [1.82, 2.24) is 10.2 Å². The Kier molecular flexibility index (Phi) is 6.84. The second-order valence-electron chi connectivity index (χ2n) is 7.68. The Morgan fingerprint density at radius 2 is 2.08 bits per heavy atom. The molecule has 2 aliphatic rings. The van der Waals surface area contributed by atoms with Gasteiger partial charge in [0.25, 0.3) is 0 Å². The fourth-order valence-corrected chi connectivity index (χ4v) is 4.98. The monoisotopic (exact) mass is 362 g/mol. The van der Waals surface area contributed by atoms with Crippen LogP contribution in [0.15, 0.2) is 29.2 Å². The van der Waals surface area contributed by atoms with E-state index >= 15 is 0 Å². The molecule has 1 aromatic rings. The number of thioether (sulfide) groups is 1. The number of hydrogen-bond acceptors (Lipinski definition) is 4. The molecular weight excluding hydrogens is 328 g/mol. The van der Waals surface area contributed by atoms with Crippen LogP contribution in [0.2, 0.25) is 0 Å². The number of benzene rings is 1. The minimum atomic E-state index is 0.137. The molecule has 3 unspecified atom stereocenters. The van der Waals surface area contributed by atoms with Gasteiger partial charge in [-0.3, -0.25) is 10.2 Å². The van der Waals surface area contributed by atoms with E-state index in [1.165, 1.54) is 49.0 Å². The van der Waals surface area contributed by atoms with Crippen molar-refractivity contribution in [2.24, 2.45) is 5.92 Å². The molecule has 0 aliphatic carbocycles. The lowest BCUT2D eigenvalue weighted by atomic mass is 9.84. The second kappa shape index (κ2) is 8.90. The van der Waals surface area contributed by atoms with Crippen LogP contribution in [0.25, 0.3) is 0 Å². The van der Waals surface area contributed by atoms with E-state index in [1.54, 1.807) is 0 Å². The summed E-state index contributed by atoms with van der Waals surface area (Å²) in [6.45, 7) is 5.27. The molecule has 0 bridgehead atoms. The van der Waals surface area contributed by atoms with Crippen LogP contribution >= 0.6 is 11.8 Å².